The van der Waals surface area contributed by atoms with Crippen molar-refractivity contribution in [2.45, 2.75) is 18.9 Å². The van der Waals surface area contributed by atoms with Crippen molar-refractivity contribution in [2.24, 2.45) is 15.7 Å². The summed E-state index contributed by atoms with van der Waals surface area (Å²) in [4.78, 5) is 10.7. The standard InChI is InChI=1S/C53H39N3/c54-34-55-53(43-31-41(35-15-4-1-5-16-35)30-42(32-43)36-17-6-2-7-18-36)56-52(47-26-14-23-40-29-38-21-10-12-24-45(38)50(40)47)48-28-27-44(37-19-8-3-9-20-37)49-33-39-22-11-13-25-46(39)51(48)49/h1-28,30-32,34,52H,29,33H2,(H2,54,55,56). The maximum atomic E-state index is 6.24. The van der Waals surface area contributed by atoms with Crippen molar-refractivity contribution < 1.29 is 0 Å². The van der Waals surface area contributed by atoms with E-state index in [0.717, 1.165) is 46.2 Å². The molecule has 1 atom stereocenters. The molecule has 8 aromatic carbocycles. The summed E-state index contributed by atoms with van der Waals surface area (Å²) in [5, 5.41) is 0. The fraction of sp³-hybridized carbons (Fsp3) is 0.0566. The molecule has 1 unspecified atom stereocenters. The first-order valence-electron chi connectivity index (χ1n) is 19.3. The average molecular weight is 718 g/mol. The zero-order chi connectivity index (χ0) is 37.4. The summed E-state index contributed by atoms with van der Waals surface area (Å²) in [5.74, 6) is 0.587. The molecule has 0 radical (unpaired) electrons. The highest BCUT2D eigenvalue weighted by molar-refractivity contribution is 6.05. The fourth-order valence-corrected chi connectivity index (χ4v) is 8.87. The Morgan fingerprint density at radius 3 is 1.62 bits per heavy atom. The molecule has 0 aromatic heterocycles. The monoisotopic (exact) mass is 717 g/mol. The second kappa shape index (κ2) is 14.3. The van der Waals surface area contributed by atoms with Gasteiger partial charge in [0.15, 0.2) is 5.84 Å². The van der Waals surface area contributed by atoms with E-state index >= 15 is 0 Å². The van der Waals surface area contributed by atoms with Gasteiger partial charge in [-0.25, -0.2) is 4.99 Å². The molecule has 56 heavy (non-hydrogen) atoms. The Bertz CT molecular complexity index is 2740. The van der Waals surface area contributed by atoms with Gasteiger partial charge in [0.25, 0.3) is 0 Å². The Kier molecular flexibility index (Phi) is 8.53. The first-order chi connectivity index (χ1) is 27.7. The highest BCUT2D eigenvalue weighted by Crippen LogP contribution is 2.50. The molecule has 266 valence electrons. The van der Waals surface area contributed by atoms with E-state index in [0.29, 0.717) is 5.84 Å². The van der Waals surface area contributed by atoms with E-state index in [4.69, 9.17) is 15.7 Å². The molecule has 2 aliphatic rings. The third kappa shape index (κ3) is 5.95. The largest absolute Gasteiger partial charge is 0.390 e. The summed E-state index contributed by atoms with van der Waals surface area (Å²) in [7, 11) is 0. The van der Waals surface area contributed by atoms with Crippen LogP contribution in [0.2, 0.25) is 0 Å². The third-order valence-electron chi connectivity index (χ3n) is 11.4. The lowest BCUT2D eigenvalue weighted by Crippen LogP contribution is -2.10. The van der Waals surface area contributed by atoms with Gasteiger partial charge in [-0.1, -0.05) is 170 Å². The van der Waals surface area contributed by atoms with Gasteiger partial charge in [-0.15, -0.1) is 0 Å². The zero-order valence-electron chi connectivity index (χ0n) is 30.9. The number of hydrogen-bond donors (Lipinski definition) is 1. The predicted molar refractivity (Wildman–Crippen MR) is 233 cm³/mol. The first kappa shape index (κ1) is 33.5. The molecule has 0 amide bonds. The van der Waals surface area contributed by atoms with Crippen LogP contribution in [0.4, 0.5) is 0 Å². The van der Waals surface area contributed by atoms with E-state index in [1.165, 1.54) is 67.5 Å². The second-order valence-corrected chi connectivity index (χ2v) is 14.6. The molecule has 0 spiro atoms. The number of benzene rings is 8. The quantitative estimate of drug-likeness (QED) is 0.129. The molecule has 2 N–H and O–H groups in total. The Morgan fingerprint density at radius 1 is 0.446 bits per heavy atom. The summed E-state index contributed by atoms with van der Waals surface area (Å²) in [6.45, 7) is 0. The van der Waals surface area contributed by atoms with Crippen LogP contribution in [-0.4, -0.2) is 12.2 Å². The van der Waals surface area contributed by atoms with Gasteiger partial charge in [0.05, 0.1) is 6.34 Å². The third-order valence-corrected chi connectivity index (χ3v) is 11.4. The van der Waals surface area contributed by atoms with Crippen LogP contribution in [0.25, 0.3) is 55.6 Å². The summed E-state index contributed by atoms with van der Waals surface area (Å²) in [6, 6.07) is 67.1. The van der Waals surface area contributed by atoms with Gasteiger partial charge in [0, 0.05) is 5.56 Å². The number of rotatable bonds is 7. The number of fused-ring (bicyclic) bond motifs is 6. The molecule has 3 nitrogen and oxygen atoms in total. The highest BCUT2D eigenvalue weighted by atomic mass is 15.0. The van der Waals surface area contributed by atoms with Gasteiger partial charge >= 0.3 is 0 Å². The predicted octanol–water partition coefficient (Wildman–Crippen LogP) is 12.4. The van der Waals surface area contributed by atoms with E-state index < -0.39 is 0 Å². The van der Waals surface area contributed by atoms with Crippen LogP contribution in [0.1, 0.15) is 45.0 Å². The van der Waals surface area contributed by atoms with Crippen LogP contribution in [0.3, 0.4) is 0 Å². The maximum absolute atomic E-state index is 6.24. The molecule has 10 rings (SSSR count). The molecule has 8 aromatic rings. The summed E-state index contributed by atoms with van der Waals surface area (Å²) < 4.78 is 0. The van der Waals surface area contributed by atoms with Gasteiger partial charge in [-0.2, -0.15) is 0 Å². The molecule has 0 heterocycles. The Balaban J connectivity index is 1.26. The normalized spacial score (nSPS) is 13.2. The van der Waals surface area contributed by atoms with Gasteiger partial charge in [0.1, 0.15) is 6.04 Å². The maximum Gasteiger partial charge on any atom is 0.157 e. The van der Waals surface area contributed by atoms with Crippen molar-refractivity contribution in [3.63, 3.8) is 0 Å². The van der Waals surface area contributed by atoms with E-state index in [1.807, 2.05) is 0 Å². The highest BCUT2D eigenvalue weighted by Gasteiger charge is 2.32. The van der Waals surface area contributed by atoms with Crippen LogP contribution in [0.15, 0.2) is 198 Å². The fourth-order valence-electron chi connectivity index (χ4n) is 8.87. The van der Waals surface area contributed by atoms with Crippen molar-refractivity contribution in [3.8, 4) is 55.6 Å². The smallest absolute Gasteiger partial charge is 0.157 e. The van der Waals surface area contributed by atoms with Crippen molar-refractivity contribution in [1.29, 1.82) is 0 Å². The number of nitrogens with two attached hydrogens (primary N) is 1. The van der Waals surface area contributed by atoms with Crippen molar-refractivity contribution in [1.82, 2.24) is 0 Å². The zero-order valence-corrected chi connectivity index (χ0v) is 30.9. The van der Waals surface area contributed by atoms with Crippen LogP contribution in [0, 0.1) is 0 Å². The van der Waals surface area contributed by atoms with Crippen molar-refractivity contribution in [2.75, 3.05) is 0 Å². The molecular formula is C53H39N3. The summed E-state index contributed by atoms with van der Waals surface area (Å²) >= 11 is 0. The van der Waals surface area contributed by atoms with Gasteiger partial charge in [-0.05, 0) is 120 Å². The number of amidine groups is 1. The second-order valence-electron chi connectivity index (χ2n) is 14.6. The van der Waals surface area contributed by atoms with Crippen LogP contribution >= 0.6 is 0 Å². The minimum Gasteiger partial charge on any atom is -0.390 e. The molecule has 0 bridgehead atoms. The van der Waals surface area contributed by atoms with Gasteiger partial charge in [-0.3, -0.25) is 4.99 Å². The summed E-state index contributed by atoms with van der Waals surface area (Å²) in [6.07, 6.45) is 3.15. The molecule has 0 saturated heterocycles. The summed E-state index contributed by atoms with van der Waals surface area (Å²) in [5.41, 5.74) is 26.8. The molecule has 0 aliphatic heterocycles. The Labute approximate surface area is 328 Å². The topological polar surface area (TPSA) is 50.7 Å². The Hall–Kier alpha value is -7.10. The van der Waals surface area contributed by atoms with Gasteiger partial charge in [0.2, 0.25) is 0 Å². The average Bonchev–Trinajstić information content (AvgIpc) is 3.85. The van der Waals surface area contributed by atoms with E-state index in [2.05, 4.69) is 188 Å². The minimum absolute atomic E-state index is 0.389. The van der Waals surface area contributed by atoms with Crippen molar-refractivity contribution >= 4 is 12.2 Å². The number of nitrogens with zero attached hydrogens (tertiary/aromatic N) is 2. The van der Waals surface area contributed by atoms with Crippen LogP contribution in [0.5, 0.6) is 0 Å². The minimum atomic E-state index is -0.389. The van der Waals surface area contributed by atoms with Gasteiger partial charge < -0.3 is 5.73 Å². The lowest BCUT2D eigenvalue weighted by molar-refractivity contribution is 0.873. The SMILES string of the molecule is NC=NC(=NC(c1cccc2c1-c1ccccc1C2)c1ccc(-c2ccccc2)c2c1-c1ccccc1C2)c1cc(-c2ccccc2)cc(-c2ccccc2)c1. The van der Waals surface area contributed by atoms with E-state index in [-0.39, 0.29) is 6.04 Å². The van der Waals surface area contributed by atoms with Crippen LogP contribution in [-0.2, 0) is 12.8 Å². The molecule has 0 saturated carbocycles. The van der Waals surface area contributed by atoms with Crippen LogP contribution < -0.4 is 5.73 Å². The van der Waals surface area contributed by atoms with E-state index in [1.54, 1.807) is 0 Å². The van der Waals surface area contributed by atoms with Crippen molar-refractivity contribution in [3.05, 3.63) is 227 Å². The first-order valence-corrected chi connectivity index (χ1v) is 19.3. The van der Waals surface area contributed by atoms with E-state index in [9.17, 15) is 0 Å². The number of hydrogen-bond acceptors (Lipinski definition) is 1. The molecule has 3 heteroatoms. The molecule has 2 aliphatic carbocycles. The Morgan fingerprint density at radius 2 is 0.982 bits per heavy atom. The molecule has 0 fully saturated rings. The lowest BCUT2D eigenvalue weighted by Gasteiger charge is -2.23. The molecular weight excluding hydrogens is 679 g/mol. The number of aliphatic imine (C=N–C) groups is 2. The lowest BCUT2D eigenvalue weighted by atomic mass is 9.84.